The molecular weight excluding hydrogens is 348 g/mol. The van der Waals surface area contributed by atoms with Gasteiger partial charge in [-0.05, 0) is 44.5 Å². The summed E-state index contributed by atoms with van der Waals surface area (Å²) in [5, 5.41) is 10.7. The van der Waals surface area contributed by atoms with E-state index in [1.807, 2.05) is 13.8 Å². The number of hydrogen-bond acceptors (Lipinski definition) is 6. The summed E-state index contributed by atoms with van der Waals surface area (Å²) in [6.45, 7) is 4.65. The molecule has 2 aromatic heterocycles. The number of hydrogen-bond donors (Lipinski definition) is 1. The molecule has 3 heterocycles. The molecule has 1 fully saturated rings. The van der Waals surface area contributed by atoms with Crippen LogP contribution in [0.1, 0.15) is 37.6 Å². The summed E-state index contributed by atoms with van der Waals surface area (Å²) >= 11 is 0. The monoisotopic (exact) mass is 370 g/mol. The number of ether oxygens (including phenoxy) is 1. The Kier molecular flexibility index (Phi) is 5.71. The molecule has 27 heavy (non-hydrogen) atoms. The van der Waals surface area contributed by atoms with Gasteiger partial charge in [0, 0.05) is 31.1 Å². The Labute approximate surface area is 157 Å². The summed E-state index contributed by atoms with van der Waals surface area (Å²) in [7, 11) is 0. The van der Waals surface area contributed by atoms with E-state index in [0.717, 1.165) is 0 Å². The lowest BCUT2D eigenvalue weighted by molar-refractivity contribution is -0.140. The van der Waals surface area contributed by atoms with Gasteiger partial charge >= 0.3 is 0 Å². The van der Waals surface area contributed by atoms with Crippen molar-refractivity contribution in [3.8, 4) is 0 Å². The molecule has 3 rings (SSSR count). The van der Waals surface area contributed by atoms with Crippen LogP contribution < -0.4 is 0 Å². The topological polar surface area (TPSA) is 92.9 Å². The van der Waals surface area contributed by atoms with E-state index in [2.05, 4.69) is 4.98 Å². The maximum absolute atomic E-state index is 12.7. The summed E-state index contributed by atoms with van der Waals surface area (Å²) in [6.07, 6.45) is 5.15. The molecule has 0 spiro atoms. The number of aliphatic hydroxyl groups is 1. The number of amides is 1. The number of Topliss-reactive ketones (excluding diaryl/α,β-unsaturated/α-hetero) is 1. The number of rotatable bonds is 7. The fourth-order valence-electron chi connectivity index (χ4n) is 3.07. The van der Waals surface area contributed by atoms with Crippen LogP contribution in [0.5, 0.6) is 0 Å². The van der Waals surface area contributed by atoms with Crippen molar-refractivity contribution in [3.05, 3.63) is 59.8 Å². The minimum absolute atomic E-state index is 0.0194. The Morgan fingerprint density at radius 3 is 2.67 bits per heavy atom. The van der Waals surface area contributed by atoms with Gasteiger partial charge in [-0.3, -0.25) is 14.6 Å². The zero-order valence-corrected chi connectivity index (χ0v) is 15.3. The standard InChI is InChI=1S/C20H22N2O5/c1-13(2)26-12-4-10-22-17(15-5-3-11-27-15)16(19(24)20(22)25)18(23)14-6-8-21-9-7-14/h3,5-9,11,13,17,23H,4,10,12H2,1-2H3/b18-16-. The van der Waals surface area contributed by atoms with Crippen LogP contribution in [0.4, 0.5) is 0 Å². The second-order valence-corrected chi connectivity index (χ2v) is 6.52. The molecule has 7 nitrogen and oxygen atoms in total. The number of ketones is 1. The quantitative estimate of drug-likeness (QED) is 0.349. The van der Waals surface area contributed by atoms with Crippen LogP contribution in [0.3, 0.4) is 0 Å². The fourth-order valence-corrected chi connectivity index (χ4v) is 3.07. The summed E-state index contributed by atoms with van der Waals surface area (Å²) in [5.74, 6) is -1.19. The molecule has 1 unspecified atom stereocenters. The minimum atomic E-state index is -0.771. The second-order valence-electron chi connectivity index (χ2n) is 6.52. The molecule has 1 saturated heterocycles. The van der Waals surface area contributed by atoms with Gasteiger partial charge in [-0.2, -0.15) is 0 Å². The lowest BCUT2D eigenvalue weighted by atomic mass is 10.00. The van der Waals surface area contributed by atoms with E-state index in [4.69, 9.17) is 9.15 Å². The highest BCUT2D eigenvalue weighted by Crippen LogP contribution is 2.39. The van der Waals surface area contributed by atoms with Crippen molar-refractivity contribution in [2.75, 3.05) is 13.2 Å². The molecule has 1 aliphatic rings. The number of carbonyl (C=O) groups is 2. The van der Waals surface area contributed by atoms with Gasteiger partial charge in [-0.1, -0.05) is 0 Å². The lowest BCUT2D eigenvalue weighted by Gasteiger charge is -2.23. The molecule has 0 aliphatic carbocycles. The number of aromatic nitrogens is 1. The van der Waals surface area contributed by atoms with Gasteiger partial charge in [0.15, 0.2) is 0 Å². The average Bonchev–Trinajstić information content (AvgIpc) is 3.27. The van der Waals surface area contributed by atoms with Crippen molar-refractivity contribution in [1.82, 2.24) is 9.88 Å². The average molecular weight is 370 g/mol. The summed E-state index contributed by atoms with van der Waals surface area (Å²) in [6, 6.07) is 5.77. The van der Waals surface area contributed by atoms with Gasteiger partial charge in [0.05, 0.1) is 17.9 Å². The molecule has 1 amide bonds. The first-order valence-electron chi connectivity index (χ1n) is 8.84. The van der Waals surface area contributed by atoms with Crippen molar-refractivity contribution < 1.29 is 23.8 Å². The molecule has 2 aromatic rings. The highest BCUT2D eigenvalue weighted by molar-refractivity contribution is 6.46. The fraction of sp³-hybridized carbons (Fsp3) is 0.350. The van der Waals surface area contributed by atoms with Crippen molar-refractivity contribution in [2.24, 2.45) is 0 Å². The molecule has 0 aromatic carbocycles. The second kappa shape index (κ2) is 8.18. The van der Waals surface area contributed by atoms with Crippen LogP contribution in [0.15, 0.2) is 52.9 Å². The van der Waals surface area contributed by atoms with Gasteiger partial charge < -0.3 is 19.2 Å². The molecular formula is C20H22N2O5. The number of carbonyl (C=O) groups excluding carboxylic acids is 2. The number of nitrogens with zero attached hydrogens (tertiary/aromatic N) is 2. The van der Waals surface area contributed by atoms with E-state index < -0.39 is 17.7 Å². The Morgan fingerprint density at radius 2 is 2.04 bits per heavy atom. The maximum Gasteiger partial charge on any atom is 0.295 e. The number of pyridine rings is 1. The van der Waals surface area contributed by atoms with E-state index in [0.29, 0.717) is 30.9 Å². The van der Waals surface area contributed by atoms with E-state index in [9.17, 15) is 14.7 Å². The first-order valence-corrected chi connectivity index (χ1v) is 8.84. The molecule has 1 atom stereocenters. The lowest BCUT2D eigenvalue weighted by Crippen LogP contribution is -2.31. The van der Waals surface area contributed by atoms with E-state index in [1.54, 1.807) is 24.3 Å². The van der Waals surface area contributed by atoms with Crippen LogP contribution in [-0.2, 0) is 14.3 Å². The van der Waals surface area contributed by atoms with E-state index >= 15 is 0 Å². The summed E-state index contributed by atoms with van der Waals surface area (Å²) < 4.78 is 11.0. The molecule has 142 valence electrons. The highest BCUT2D eigenvalue weighted by atomic mass is 16.5. The van der Waals surface area contributed by atoms with Gasteiger partial charge in [0.25, 0.3) is 11.7 Å². The molecule has 1 N–H and O–H groups in total. The smallest absolute Gasteiger partial charge is 0.295 e. The van der Waals surface area contributed by atoms with Crippen LogP contribution in [0, 0.1) is 0 Å². The highest BCUT2D eigenvalue weighted by Gasteiger charge is 2.47. The normalized spacial score (nSPS) is 19.2. The number of aliphatic hydroxyl groups excluding tert-OH is 1. The molecule has 7 heteroatoms. The number of furan rings is 1. The van der Waals surface area contributed by atoms with E-state index in [-0.39, 0.29) is 17.4 Å². The summed E-state index contributed by atoms with van der Waals surface area (Å²) in [5.41, 5.74) is 0.439. The van der Waals surface area contributed by atoms with Crippen LogP contribution >= 0.6 is 0 Å². The van der Waals surface area contributed by atoms with Gasteiger partial charge in [-0.25, -0.2) is 0 Å². The Morgan fingerprint density at radius 1 is 1.30 bits per heavy atom. The third-order valence-corrected chi connectivity index (χ3v) is 4.30. The number of likely N-dealkylation sites (tertiary alicyclic amines) is 1. The van der Waals surface area contributed by atoms with Crippen molar-refractivity contribution in [2.45, 2.75) is 32.4 Å². The van der Waals surface area contributed by atoms with Crippen molar-refractivity contribution >= 4 is 17.4 Å². The predicted molar refractivity (Wildman–Crippen MR) is 97.7 cm³/mol. The third kappa shape index (κ3) is 3.93. The van der Waals surface area contributed by atoms with Crippen molar-refractivity contribution in [3.63, 3.8) is 0 Å². The maximum atomic E-state index is 12.7. The summed E-state index contributed by atoms with van der Waals surface area (Å²) in [4.78, 5) is 30.6. The molecule has 0 radical (unpaired) electrons. The minimum Gasteiger partial charge on any atom is -0.507 e. The molecule has 1 aliphatic heterocycles. The van der Waals surface area contributed by atoms with Gasteiger partial charge in [-0.15, -0.1) is 0 Å². The largest absolute Gasteiger partial charge is 0.507 e. The zero-order chi connectivity index (χ0) is 19.4. The first-order chi connectivity index (χ1) is 13.0. The van der Waals surface area contributed by atoms with Crippen molar-refractivity contribution in [1.29, 1.82) is 0 Å². The molecule has 0 saturated carbocycles. The zero-order valence-electron chi connectivity index (χ0n) is 15.3. The Hall–Kier alpha value is -2.93. The predicted octanol–water partition coefficient (Wildman–Crippen LogP) is 2.91. The third-order valence-electron chi connectivity index (χ3n) is 4.30. The van der Waals surface area contributed by atoms with Crippen LogP contribution in [-0.4, -0.2) is 45.9 Å². The van der Waals surface area contributed by atoms with Gasteiger partial charge in [0.2, 0.25) is 0 Å². The first kappa shape index (κ1) is 18.8. The Balaban J connectivity index is 1.95. The van der Waals surface area contributed by atoms with Crippen LogP contribution in [0.25, 0.3) is 5.76 Å². The van der Waals surface area contributed by atoms with Gasteiger partial charge in [0.1, 0.15) is 17.6 Å². The van der Waals surface area contributed by atoms with E-state index in [1.165, 1.54) is 23.6 Å². The Bertz CT molecular complexity index is 827. The molecule has 0 bridgehead atoms. The van der Waals surface area contributed by atoms with Crippen LogP contribution in [0.2, 0.25) is 0 Å². The SMILES string of the molecule is CC(C)OCCCN1C(=O)C(=O)/C(=C(\O)c2ccncc2)C1c1ccco1.